The third-order valence-corrected chi connectivity index (χ3v) is 4.60. The zero-order valence-corrected chi connectivity index (χ0v) is 16.1. The van der Waals surface area contributed by atoms with Crippen molar-refractivity contribution in [2.24, 2.45) is 5.92 Å². The fourth-order valence-electron chi connectivity index (χ4n) is 3.16. The van der Waals surface area contributed by atoms with E-state index in [-0.39, 0.29) is 19.1 Å². The molecule has 0 bridgehead atoms. The van der Waals surface area contributed by atoms with Crippen LogP contribution in [0.1, 0.15) is 30.9 Å². The maximum atomic E-state index is 12.6. The van der Waals surface area contributed by atoms with E-state index in [1.807, 2.05) is 36.4 Å². The molecule has 1 aliphatic heterocycles. The van der Waals surface area contributed by atoms with Crippen LogP contribution in [-0.2, 0) is 16.1 Å². The highest BCUT2D eigenvalue weighted by molar-refractivity contribution is 5.82. The highest BCUT2D eigenvalue weighted by Gasteiger charge is 2.32. The molecule has 148 valence electrons. The Morgan fingerprint density at radius 1 is 1.11 bits per heavy atom. The summed E-state index contributed by atoms with van der Waals surface area (Å²) >= 11 is 0. The Kier molecular flexibility index (Phi) is 6.19. The Balaban J connectivity index is 1.63. The molecule has 1 unspecified atom stereocenters. The number of nitrogens with zero attached hydrogens (tertiary/aromatic N) is 1. The summed E-state index contributed by atoms with van der Waals surface area (Å²) in [7, 11) is 0. The summed E-state index contributed by atoms with van der Waals surface area (Å²) in [5.41, 5.74) is 1.63. The fourth-order valence-corrected chi connectivity index (χ4v) is 3.16. The van der Waals surface area contributed by atoms with Gasteiger partial charge in [0.05, 0.1) is 12.5 Å². The van der Waals surface area contributed by atoms with Crippen molar-refractivity contribution < 1.29 is 24.2 Å². The molecule has 6 heteroatoms. The lowest BCUT2D eigenvalue weighted by Gasteiger charge is -2.32. The molecular weight excluding hydrogens is 358 g/mol. The van der Waals surface area contributed by atoms with E-state index in [0.717, 1.165) is 11.1 Å². The number of ether oxygens (including phenoxy) is 2. The molecule has 1 atom stereocenters. The number of hydrogen-bond acceptors (Lipinski definition) is 4. The van der Waals surface area contributed by atoms with Gasteiger partial charge in [0.1, 0.15) is 11.5 Å². The predicted molar refractivity (Wildman–Crippen MR) is 105 cm³/mol. The quantitative estimate of drug-likeness (QED) is 0.794. The van der Waals surface area contributed by atoms with E-state index in [1.165, 1.54) is 0 Å². The predicted octanol–water partition coefficient (Wildman–Crippen LogP) is 3.31. The molecular formula is C22H25NO5. The lowest BCUT2D eigenvalue weighted by molar-refractivity contribution is -0.142. The number of aliphatic carboxylic acids is 1. The second-order valence-corrected chi connectivity index (χ2v) is 7.33. The number of carboxylic acids is 1. The van der Waals surface area contributed by atoms with Crippen molar-refractivity contribution in [3.8, 4) is 11.5 Å². The van der Waals surface area contributed by atoms with Gasteiger partial charge in [0.2, 0.25) is 0 Å². The number of rotatable bonds is 7. The first kappa shape index (κ1) is 19.7. The summed E-state index contributed by atoms with van der Waals surface area (Å²) in [5, 5.41) is 9.53. The van der Waals surface area contributed by atoms with Crippen molar-refractivity contribution in [2.45, 2.75) is 26.3 Å². The van der Waals surface area contributed by atoms with E-state index < -0.39 is 11.9 Å². The van der Waals surface area contributed by atoms with Gasteiger partial charge in [0, 0.05) is 19.2 Å². The third-order valence-electron chi connectivity index (χ3n) is 4.60. The Bertz CT molecular complexity index is 848. The van der Waals surface area contributed by atoms with E-state index in [2.05, 4.69) is 13.8 Å². The van der Waals surface area contributed by atoms with E-state index in [0.29, 0.717) is 30.6 Å². The van der Waals surface area contributed by atoms with Crippen molar-refractivity contribution in [1.29, 1.82) is 0 Å². The summed E-state index contributed by atoms with van der Waals surface area (Å²) in [6.45, 7) is 5.13. The number of hydrogen-bond donors (Lipinski definition) is 1. The van der Waals surface area contributed by atoms with Gasteiger partial charge < -0.3 is 19.5 Å². The van der Waals surface area contributed by atoms with Crippen LogP contribution < -0.4 is 9.47 Å². The van der Waals surface area contributed by atoms with Crippen LogP contribution in [-0.4, -0.2) is 41.6 Å². The summed E-state index contributed by atoms with van der Waals surface area (Å²) in [6, 6.07) is 14.5. The molecule has 0 saturated carbocycles. The van der Waals surface area contributed by atoms with E-state index in [4.69, 9.17) is 9.47 Å². The van der Waals surface area contributed by atoms with Crippen LogP contribution in [0.4, 0.5) is 0 Å². The highest BCUT2D eigenvalue weighted by atomic mass is 16.5. The molecule has 0 saturated heterocycles. The minimum Gasteiger partial charge on any atom is -0.493 e. The molecule has 6 nitrogen and oxygen atoms in total. The molecule has 0 radical (unpaired) electrons. The summed E-state index contributed by atoms with van der Waals surface area (Å²) < 4.78 is 11.3. The topological polar surface area (TPSA) is 76.1 Å². The van der Waals surface area contributed by atoms with Crippen molar-refractivity contribution in [3.63, 3.8) is 0 Å². The van der Waals surface area contributed by atoms with Gasteiger partial charge in [-0.25, -0.2) is 0 Å². The first-order valence-electron chi connectivity index (χ1n) is 9.38. The number of amides is 1. The summed E-state index contributed by atoms with van der Waals surface area (Å²) in [4.78, 5) is 25.8. The second kappa shape index (κ2) is 8.78. The minimum absolute atomic E-state index is 0.145. The SMILES string of the molecule is CC(C)COc1cccc(OCC(=O)N2Cc3ccccc3C(C(=O)O)C2)c1. The van der Waals surface area contributed by atoms with Crippen LogP contribution in [0, 0.1) is 5.92 Å². The van der Waals surface area contributed by atoms with Crippen LogP contribution >= 0.6 is 0 Å². The lowest BCUT2D eigenvalue weighted by atomic mass is 9.90. The molecule has 0 aliphatic carbocycles. The maximum Gasteiger partial charge on any atom is 0.312 e. The monoisotopic (exact) mass is 383 g/mol. The van der Waals surface area contributed by atoms with Gasteiger partial charge in [-0.15, -0.1) is 0 Å². The number of benzene rings is 2. The van der Waals surface area contributed by atoms with Crippen molar-refractivity contribution >= 4 is 11.9 Å². The molecule has 1 N–H and O–H groups in total. The van der Waals surface area contributed by atoms with Gasteiger partial charge in [-0.2, -0.15) is 0 Å². The van der Waals surface area contributed by atoms with Crippen molar-refractivity contribution in [3.05, 3.63) is 59.7 Å². The molecule has 28 heavy (non-hydrogen) atoms. The Hall–Kier alpha value is -3.02. The fraction of sp³-hybridized carbons (Fsp3) is 0.364. The van der Waals surface area contributed by atoms with Gasteiger partial charge in [0.25, 0.3) is 5.91 Å². The van der Waals surface area contributed by atoms with Crippen molar-refractivity contribution in [2.75, 3.05) is 19.8 Å². The molecule has 1 heterocycles. The van der Waals surface area contributed by atoms with Gasteiger partial charge >= 0.3 is 5.97 Å². The maximum absolute atomic E-state index is 12.6. The summed E-state index contributed by atoms with van der Waals surface area (Å²) in [6.07, 6.45) is 0. The number of fused-ring (bicyclic) bond motifs is 1. The lowest BCUT2D eigenvalue weighted by Crippen LogP contribution is -2.42. The smallest absolute Gasteiger partial charge is 0.312 e. The average Bonchev–Trinajstić information content (AvgIpc) is 2.69. The zero-order chi connectivity index (χ0) is 20.1. The van der Waals surface area contributed by atoms with Gasteiger partial charge in [-0.1, -0.05) is 44.2 Å². The molecule has 2 aromatic carbocycles. The number of carboxylic acid groups (broad SMARTS) is 1. The van der Waals surface area contributed by atoms with Gasteiger partial charge in [-0.3, -0.25) is 9.59 Å². The molecule has 0 spiro atoms. The first-order chi connectivity index (χ1) is 13.4. The third kappa shape index (κ3) is 4.82. The number of carbonyl (C=O) groups excluding carboxylic acids is 1. The van der Waals surface area contributed by atoms with Crippen molar-refractivity contribution in [1.82, 2.24) is 4.90 Å². The molecule has 2 aromatic rings. The van der Waals surface area contributed by atoms with Crippen LogP contribution in [0.15, 0.2) is 48.5 Å². The van der Waals surface area contributed by atoms with Crippen LogP contribution in [0.2, 0.25) is 0 Å². The van der Waals surface area contributed by atoms with E-state index in [9.17, 15) is 14.7 Å². The van der Waals surface area contributed by atoms with E-state index in [1.54, 1.807) is 17.0 Å². The van der Waals surface area contributed by atoms with Crippen LogP contribution in [0.25, 0.3) is 0 Å². The van der Waals surface area contributed by atoms with Gasteiger partial charge in [0.15, 0.2) is 6.61 Å². The summed E-state index contributed by atoms with van der Waals surface area (Å²) in [5.74, 6) is -0.245. The zero-order valence-electron chi connectivity index (χ0n) is 16.1. The average molecular weight is 383 g/mol. The highest BCUT2D eigenvalue weighted by Crippen LogP contribution is 2.28. The van der Waals surface area contributed by atoms with Crippen LogP contribution in [0.3, 0.4) is 0 Å². The molecule has 1 amide bonds. The Morgan fingerprint density at radius 3 is 2.54 bits per heavy atom. The molecule has 0 fully saturated rings. The first-order valence-corrected chi connectivity index (χ1v) is 9.38. The molecule has 1 aliphatic rings. The van der Waals surface area contributed by atoms with Gasteiger partial charge in [-0.05, 0) is 29.2 Å². The van der Waals surface area contributed by atoms with Crippen LogP contribution in [0.5, 0.6) is 11.5 Å². The Labute approximate surface area is 164 Å². The van der Waals surface area contributed by atoms with E-state index >= 15 is 0 Å². The number of carbonyl (C=O) groups is 2. The molecule has 0 aromatic heterocycles. The molecule has 3 rings (SSSR count). The standard InChI is InChI=1S/C22H25NO5/c1-15(2)13-27-17-7-5-8-18(10-17)28-14-21(24)23-11-16-6-3-4-9-19(16)20(12-23)22(25)26/h3-10,15,20H,11-14H2,1-2H3,(H,25,26). The normalized spacial score (nSPS) is 15.8. The Morgan fingerprint density at radius 2 is 1.82 bits per heavy atom. The second-order valence-electron chi connectivity index (χ2n) is 7.33. The minimum atomic E-state index is -0.930. The largest absolute Gasteiger partial charge is 0.493 e.